The average molecular weight is 209 g/mol. The molecule has 2 rings (SSSR count). The van der Waals surface area contributed by atoms with Crippen molar-refractivity contribution >= 4 is 5.91 Å². The van der Waals surface area contributed by atoms with Gasteiger partial charge in [-0.2, -0.15) is 0 Å². The van der Waals surface area contributed by atoms with Gasteiger partial charge in [0, 0.05) is 5.92 Å². The topological polar surface area (TPSA) is 24.8 Å². The van der Waals surface area contributed by atoms with E-state index >= 15 is 0 Å². The Kier molecular flexibility index (Phi) is 3.41. The Labute approximate surface area is 91.7 Å². The van der Waals surface area contributed by atoms with E-state index in [-0.39, 0.29) is 0 Å². The standard InChI is InChI=1S/C12H20N2O/c1-2-6-13-7-9-14(10-8-13)12(15)11-4-3-5-11/h2,11H,1,3-10H2/p+1. The number of carbonyl (C=O) groups excluding carboxylic acids is 1. The van der Waals surface area contributed by atoms with Gasteiger partial charge in [-0.15, -0.1) is 0 Å². The third kappa shape index (κ3) is 2.40. The monoisotopic (exact) mass is 209 g/mol. The summed E-state index contributed by atoms with van der Waals surface area (Å²) in [5.74, 6) is 0.782. The Balaban J connectivity index is 1.77. The van der Waals surface area contributed by atoms with Crippen LogP contribution in [0.3, 0.4) is 0 Å². The van der Waals surface area contributed by atoms with Gasteiger partial charge < -0.3 is 9.80 Å². The van der Waals surface area contributed by atoms with Crippen LogP contribution in [-0.4, -0.2) is 43.5 Å². The fourth-order valence-corrected chi connectivity index (χ4v) is 2.36. The predicted molar refractivity (Wildman–Crippen MR) is 59.7 cm³/mol. The number of quaternary nitrogens is 1. The lowest BCUT2D eigenvalue weighted by atomic mass is 9.84. The third-order valence-electron chi connectivity index (χ3n) is 3.67. The van der Waals surface area contributed by atoms with Crippen LogP contribution in [0.4, 0.5) is 0 Å². The Morgan fingerprint density at radius 1 is 1.40 bits per heavy atom. The Hall–Kier alpha value is -0.830. The molecule has 0 spiro atoms. The van der Waals surface area contributed by atoms with Gasteiger partial charge in [0.25, 0.3) is 0 Å². The summed E-state index contributed by atoms with van der Waals surface area (Å²) >= 11 is 0. The van der Waals surface area contributed by atoms with Crippen molar-refractivity contribution in [3.8, 4) is 0 Å². The zero-order valence-electron chi connectivity index (χ0n) is 9.37. The number of nitrogens with one attached hydrogen (secondary N) is 1. The first-order valence-electron chi connectivity index (χ1n) is 6.04. The summed E-state index contributed by atoms with van der Waals surface area (Å²) < 4.78 is 0. The molecule has 1 N–H and O–H groups in total. The summed E-state index contributed by atoms with van der Waals surface area (Å²) in [6.07, 6.45) is 5.47. The first kappa shape index (κ1) is 10.7. The summed E-state index contributed by atoms with van der Waals surface area (Å²) in [4.78, 5) is 15.6. The van der Waals surface area contributed by atoms with Crippen LogP contribution in [0.2, 0.25) is 0 Å². The van der Waals surface area contributed by atoms with E-state index < -0.39 is 0 Å². The van der Waals surface area contributed by atoms with Crippen LogP contribution < -0.4 is 4.90 Å². The van der Waals surface area contributed by atoms with Crippen LogP contribution in [-0.2, 0) is 4.79 Å². The Morgan fingerprint density at radius 3 is 2.53 bits per heavy atom. The second kappa shape index (κ2) is 4.79. The first-order chi connectivity index (χ1) is 7.31. The van der Waals surface area contributed by atoms with E-state index in [2.05, 4.69) is 11.5 Å². The lowest BCUT2D eigenvalue weighted by molar-refractivity contribution is -0.898. The molecule has 1 saturated heterocycles. The number of nitrogens with zero attached hydrogens (tertiary/aromatic N) is 1. The molecule has 1 amide bonds. The Bertz CT molecular complexity index is 240. The molecule has 84 valence electrons. The molecule has 0 aromatic heterocycles. The van der Waals surface area contributed by atoms with Crippen molar-refractivity contribution in [2.75, 3.05) is 32.7 Å². The number of rotatable bonds is 3. The zero-order valence-corrected chi connectivity index (χ0v) is 9.37. The van der Waals surface area contributed by atoms with Gasteiger partial charge in [-0.3, -0.25) is 4.79 Å². The van der Waals surface area contributed by atoms with Crippen LogP contribution in [0, 0.1) is 5.92 Å². The predicted octanol–water partition coefficient (Wildman–Crippen LogP) is -0.300. The fraction of sp³-hybridized carbons (Fsp3) is 0.750. The minimum absolute atomic E-state index is 0.367. The maximum atomic E-state index is 11.9. The molecule has 0 aromatic rings. The van der Waals surface area contributed by atoms with Gasteiger partial charge in [-0.05, 0) is 18.9 Å². The minimum atomic E-state index is 0.367. The van der Waals surface area contributed by atoms with Crippen LogP contribution in [0.5, 0.6) is 0 Å². The molecule has 1 heterocycles. The smallest absolute Gasteiger partial charge is 0.226 e. The van der Waals surface area contributed by atoms with Crippen LogP contribution in [0.25, 0.3) is 0 Å². The fourth-order valence-electron chi connectivity index (χ4n) is 2.36. The lowest BCUT2D eigenvalue weighted by Gasteiger charge is -2.36. The van der Waals surface area contributed by atoms with E-state index in [0.29, 0.717) is 11.8 Å². The molecule has 3 nitrogen and oxygen atoms in total. The zero-order chi connectivity index (χ0) is 10.7. The van der Waals surface area contributed by atoms with E-state index in [1.165, 1.54) is 6.42 Å². The molecule has 0 aromatic carbocycles. The minimum Gasteiger partial charge on any atom is -0.331 e. The van der Waals surface area contributed by atoms with E-state index in [0.717, 1.165) is 45.6 Å². The van der Waals surface area contributed by atoms with Crippen molar-refractivity contribution < 1.29 is 9.69 Å². The van der Waals surface area contributed by atoms with Gasteiger partial charge in [0.15, 0.2) is 0 Å². The molecule has 2 fully saturated rings. The maximum absolute atomic E-state index is 11.9. The van der Waals surface area contributed by atoms with Crippen molar-refractivity contribution in [2.24, 2.45) is 5.92 Å². The van der Waals surface area contributed by atoms with Gasteiger partial charge in [-0.25, -0.2) is 0 Å². The van der Waals surface area contributed by atoms with Crippen molar-refractivity contribution in [3.63, 3.8) is 0 Å². The van der Waals surface area contributed by atoms with E-state index in [1.807, 2.05) is 6.08 Å². The van der Waals surface area contributed by atoms with E-state index in [1.54, 1.807) is 4.90 Å². The number of hydrogen-bond acceptors (Lipinski definition) is 1. The van der Waals surface area contributed by atoms with Crippen LogP contribution in [0.1, 0.15) is 19.3 Å². The van der Waals surface area contributed by atoms with Crippen molar-refractivity contribution in [1.29, 1.82) is 0 Å². The summed E-state index contributed by atoms with van der Waals surface area (Å²) in [7, 11) is 0. The summed E-state index contributed by atoms with van der Waals surface area (Å²) in [5, 5.41) is 0. The molecule has 1 aliphatic heterocycles. The van der Waals surface area contributed by atoms with Gasteiger partial charge in [0.05, 0.1) is 32.7 Å². The molecule has 0 unspecified atom stereocenters. The SMILES string of the molecule is C=CC[NH+]1CCN(C(=O)C2CCC2)CC1. The molecule has 0 bridgehead atoms. The highest BCUT2D eigenvalue weighted by Crippen LogP contribution is 2.28. The van der Waals surface area contributed by atoms with Gasteiger partial charge in [-0.1, -0.05) is 13.0 Å². The van der Waals surface area contributed by atoms with Crippen LogP contribution in [0.15, 0.2) is 12.7 Å². The molecule has 0 radical (unpaired) electrons. The first-order valence-corrected chi connectivity index (χ1v) is 6.04. The molecule has 15 heavy (non-hydrogen) atoms. The molecule has 2 aliphatic rings. The van der Waals surface area contributed by atoms with Crippen LogP contribution >= 0.6 is 0 Å². The average Bonchev–Trinajstić information content (AvgIpc) is 2.16. The van der Waals surface area contributed by atoms with Gasteiger partial charge in [0.1, 0.15) is 0 Å². The molecule has 1 saturated carbocycles. The maximum Gasteiger partial charge on any atom is 0.226 e. The molecule has 0 atom stereocenters. The summed E-state index contributed by atoms with van der Waals surface area (Å²) in [6.45, 7) is 8.85. The number of carbonyl (C=O) groups is 1. The van der Waals surface area contributed by atoms with Crippen molar-refractivity contribution in [3.05, 3.63) is 12.7 Å². The number of amides is 1. The largest absolute Gasteiger partial charge is 0.331 e. The summed E-state index contributed by atoms with van der Waals surface area (Å²) in [5.41, 5.74) is 0. The second-order valence-corrected chi connectivity index (χ2v) is 4.70. The van der Waals surface area contributed by atoms with Gasteiger partial charge >= 0.3 is 0 Å². The van der Waals surface area contributed by atoms with Crippen molar-refractivity contribution in [2.45, 2.75) is 19.3 Å². The molecular formula is C12H21N2O+. The lowest BCUT2D eigenvalue weighted by Crippen LogP contribution is -3.14. The quantitative estimate of drug-likeness (QED) is 0.634. The van der Waals surface area contributed by atoms with Crippen molar-refractivity contribution in [1.82, 2.24) is 4.90 Å². The highest BCUT2D eigenvalue weighted by Gasteiger charge is 2.31. The highest BCUT2D eigenvalue weighted by atomic mass is 16.2. The normalized spacial score (nSPS) is 23.6. The summed E-state index contributed by atoms with van der Waals surface area (Å²) in [6, 6.07) is 0. The Morgan fingerprint density at radius 2 is 2.07 bits per heavy atom. The molecule has 1 aliphatic carbocycles. The number of hydrogen-bond donors (Lipinski definition) is 1. The van der Waals surface area contributed by atoms with E-state index in [4.69, 9.17) is 0 Å². The third-order valence-corrected chi connectivity index (χ3v) is 3.67. The highest BCUT2D eigenvalue weighted by molar-refractivity contribution is 5.79. The number of piperazine rings is 1. The molecule has 3 heteroatoms. The van der Waals surface area contributed by atoms with E-state index in [9.17, 15) is 4.79 Å². The van der Waals surface area contributed by atoms with Gasteiger partial charge in [0.2, 0.25) is 5.91 Å². The molecular weight excluding hydrogens is 188 g/mol. The second-order valence-electron chi connectivity index (χ2n) is 4.70.